The van der Waals surface area contributed by atoms with Crippen LogP contribution in [-0.2, 0) is 0 Å². The van der Waals surface area contributed by atoms with Gasteiger partial charge in [-0.2, -0.15) is 5.10 Å². The molecule has 6 nitrogen and oxygen atoms in total. The summed E-state index contributed by atoms with van der Waals surface area (Å²) in [5.41, 5.74) is 3.51. The molecule has 0 spiro atoms. The molecular weight excluding hydrogens is 353 g/mol. The first-order valence-corrected chi connectivity index (χ1v) is 7.57. The Balaban J connectivity index is 2.01. The minimum absolute atomic E-state index is 0.334. The highest BCUT2D eigenvalue weighted by Gasteiger charge is 2.11. The van der Waals surface area contributed by atoms with Crippen LogP contribution in [0.1, 0.15) is 5.56 Å². The lowest BCUT2D eigenvalue weighted by Gasteiger charge is -2.10. The van der Waals surface area contributed by atoms with Gasteiger partial charge in [0.15, 0.2) is 11.5 Å². The zero-order valence-corrected chi connectivity index (χ0v) is 14.5. The van der Waals surface area contributed by atoms with Crippen LogP contribution < -0.4 is 20.2 Å². The Kier molecular flexibility index (Phi) is 6.28. The number of anilines is 1. The third-order valence-corrected chi connectivity index (χ3v) is 3.63. The normalized spacial score (nSPS) is 10.5. The van der Waals surface area contributed by atoms with Crippen LogP contribution in [0.2, 0.25) is 10.0 Å². The lowest BCUT2D eigenvalue weighted by Crippen LogP contribution is -2.24. The molecule has 2 aromatic carbocycles. The van der Waals surface area contributed by atoms with Crippen LogP contribution in [0.4, 0.5) is 10.5 Å². The molecule has 8 heteroatoms. The van der Waals surface area contributed by atoms with Gasteiger partial charge in [-0.25, -0.2) is 10.2 Å². The van der Waals surface area contributed by atoms with Crippen LogP contribution in [0.3, 0.4) is 0 Å². The van der Waals surface area contributed by atoms with Gasteiger partial charge in [-0.3, -0.25) is 0 Å². The van der Waals surface area contributed by atoms with Crippen molar-refractivity contribution in [1.29, 1.82) is 0 Å². The summed E-state index contributed by atoms with van der Waals surface area (Å²) >= 11 is 12.0. The van der Waals surface area contributed by atoms with Crippen LogP contribution in [0.25, 0.3) is 0 Å². The number of benzene rings is 2. The van der Waals surface area contributed by atoms with Crippen LogP contribution in [0.15, 0.2) is 41.5 Å². The predicted molar refractivity (Wildman–Crippen MR) is 95.8 cm³/mol. The maximum atomic E-state index is 11.7. The fourth-order valence-electron chi connectivity index (χ4n) is 1.86. The van der Waals surface area contributed by atoms with Crippen molar-refractivity contribution in [1.82, 2.24) is 5.43 Å². The number of nitrogens with zero attached hydrogens (tertiary/aromatic N) is 1. The maximum Gasteiger partial charge on any atom is 0.339 e. The van der Waals surface area contributed by atoms with Crippen LogP contribution in [0.5, 0.6) is 11.5 Å². The van der Waals surface area contributed by atoms with Gasteiger partial charge in [-0.05, 0) is 36.4 Å². The van der Waals surface area contributed by atoms with Gasteiger partial charge >= 0.3 is 6.03 Å². The third kappa shape index (κ3) is 4.53. The quantitative estimate of drug-likeness (QED) is 0.615. The zero-order chi connectivity index (χ0) is 17.5. The van der Waals surface area contributed by atoms with Crippen molar-refractivity contribution >= 4 is 41.1 Å². The topological polar surface area (TPSA) is 72.0 Å². The van der Waals surface area contributed by atoms with Gasteiger partial charge < -0.3 is 14.8 Å². The molecular formula is C16H15Cl2N3O3. The van der Waals surface area contributed by atoms with Gasteiger partial charge in [0.2, 0.25) is 0 Å². The Morgan fingerprint density at radius 3 is 2.42 bits per heavy atom. The smallest absolute Gasteiger partial charge is 0.339 e. The minimum atomic E-state index is -0.495. The fraction of sp³-hybridized carbons (Fsp3) is 0.125. The molecule has 0 fully saturated rings. The molecule has 0 atom stereocenters. The lowest BCUT2D eigenvalue weighted by molar-refractivity contribution is 0.252. The number of rotatable bonds is 5. The van der Waals surface area contributed by atoms with E-state index in [-0.39, 0.29) is 0 Å². The number of hydrazone groups is 1. The Hall–Kier alpha value is -2.44. The number of hydrogen-bond acceptors (Lipinski definition) is 4. The third-order valence-electron chi connectivity index (χ3n) is 2.99. The molecule has 2 aromatic rings. The molecule has 24 heavy (non-hydrogen) atoms. The van der Waals surface area contributed by atoms with Crippen molar-refractivity contribution in [2.75, 3.05) is 19.5 Å². The van der Waals surface area contributed by atoms with Crippen molar-refractivity contribution in [3.05, 3.63) is 52.0 Å². The van der Waals surface area contributed by atoms with E-state index in [0.717, 1.165) is 0 Å². The van der Waals surface area contributed by atoms with Crippen molar-refractivity contribution in [3.8, 4) is 11.5 Å². The van der Waals surface area contributed by atoms with Gasteiger partial charge in [0.25, 0.3) is 0 Å². The van der Waals surface area contributed by atoms with Crippen LogP contribution >= 0.6 is 23.2 Å². The molecule has 0 unspecified atom stereocenters. The van der Waals surface area contributed by atoms with E-state index in [1.165, 1.54) is 20.4 Å². The second-order valence-electron chi connectivity index (χ2n) is 4.54. The van der Waals surface area contributed by atoms with Gasteiger partial charge in [-0.15, -0.1) is 0 Å². The lowest BCUT2D eigenvalue weighted by atomic mass is 10.2. The van der Waals surface area contributed by atoms with E-state index in [9.17, 15) is 4.79 Å². The first kappa shape index (κ1) is 17.9. The summed E-state index contributed by atoms with van der Waals surface area (Å²) in [4.78, 5) is 11.7. The Morgan fingerprint density at radius 1 is 1.08 bits per heavy atom. The molecule has 2 N–H and O–H groups in total. The summed E-state index contributed by atoms with van der Waals surface area (Å²) in [5, 5.41) is 7.38. The van der Waals surface area contributed by atoms with Gasteiger partial charge in [0.05, 0.1) is 25.5 Å². The molecule has 0 aliphatic carbocycles. The van der Waals surface area contributed by atoms with Crippen LogP contribution in [-0.4, -0.2) is 26.5 Å². The van der Waals surface area contributed by atoms with E-state index < -0.39 is 6.03 Å². The standard InChI is InChI=1S/C16H15Cl2N3O3/c1-23-13-8-3-10(14(18)15(13)24-2)9-19-21-16(22)20-12-6-4-11(17)5-7-12/h3-9H,1-2H3,(H2,20,21,22)/b19-9-. The molecule has 0 heterocycles. The number of carbonyl (C=O) groups is 1. The summed E-state index contributed by atoms with van der Waals surface area (Å²) in [7, 11) is 3.01. The van der Waals surface area contributed by atoms with E-state index >= 15 is 0 Å². The van der Waals surface area contributed by atoms with E-state index in [1.807, 2.05) is 0 Å². The second-order valence-corrected chi connectivity index (χ2v) is 5.35. The van der Waals surface area contributed by atoms with E-state index in [4.69, 9.17) is 32.7 Å². The highest BCUT2D eigenvalue weighted by molar-refractivity contribution is 6.34. The summed E-state index contributed by atoms with van der Waals surface area (Å²) in [6, 6.07) is 9.60. The number of methoxy groups -OCH3 is 2. The molecule has 2 amide bonds. The Morgan fingerprint density at radius 2 is 1.79 bits per heavy atom. The van der Waals surface area contributed by atoms with Gasteiger partial charge in [-0.1, -0.05) is 23.2 Å². The van der Waals surface area contributed by atoms with E-state index in [1.54, 1.807) is 36.4 Å². The summed E-state index contributed by atoms with van der Waals surface area (Å²) < 4.78 is 10.3. The van der Waals surface area contributed by atoms with Crippen LogP contribution in [0, 0.1) is 0 Å². The number of carbonyl (C=O) groups excluding carboxylic acids is 1. The zero-order valence-electron chi connectivity index (χ0n) is 13.0. The summed E-state index contributed by atoms with van der Waals surface area (Å²) in [5.74, 6) is 0.904. The highest BCUT2D eigenvalue weighted by Crippen LogP contribution is 2.36. The molecule has 0 radical (unpaired) electrons. The van der Waals surface area contributed by atoms with Gasteiger partial charge in [0, 0.05) is 16.3 Å². The number of hydrogen-bond donors (Lipinski definition) is 2. The summed E-state index contributed by atoms with van der Waals surface area (Å²) in [6.07, 6.45) is 1.41. The molecule has 0 saturated heterocycles. The number of nitrogens with one attached hydrogen (secondary N) is 2. The predicted octanol–water partition coefficient (Wildman–Crippen LogP) is 4.17. The fourth-order valence-corrected chi connectivity index (χ4v) is 2.26. The first-order chi connectivity index (χ1) is 11.5. The number of amides is 2. The molecule has 0 saturated carbocycles. The minimum Gasteiger partial charge on any atom is -0.493 e. The van der Waals surface area contributed by atoms with Crippen molar-refractivity contribution in [3.63, 3.8) is 0 Å². The highest BCUT2D eigenvalue weighted by atomic mass is 35.5. The average Bonchev–Trinajstić information content (AvgIpc) is 2.58. The molecule has 126 valence electrons. The van der Waals surface area contributed by atoms with Crippen molar-refractivity contribution in [2.45, 2.75) is 0 Å². The Labute approximate surface area is 149 Å². The Bertz CT molecular complexity index is 749. The molecule has 2 rings (SSSR count). The molecule has 0 aliphatic heterocycles. The van der Waals surface area contributed by atoms with E-state index in [2.05, 4.69) is 15.8 Å². The molecule has 0 aromatic heterocycles. The SMILES string of the molecule is COc1ccc(/C=N\NC(=O)Nc2ccc(Cl)cc2)c(Cl)c1OC. The first-order valence-electron chi connectivity index (χ1n) is 6.81. The number of halogens is 2. The van der Waals surface area contributed by atoms with Crippen molar-refractivity contribution < 1.29 is 14.3 Å². The largest absolute Gasteiger partial charge is 0.493 e. The van der Waals surface area contributed by atoms with E-state index in [0.29, 0.717) is 32.8 Å². The van der Waals surface area contributed by atoms with Gasteiger partial charge in [0.1, 0.15) is 0 Å². The summed E-state index contributed by atoms with van der Waals surface area (Å²) in [6.45, 7) is 0. The number of urea groups is 1. The molecule has 0 bridgehead atoms. The van der Waals surface area contributed by atoms with Crippen molar-refractivity contribution in [2.24, 2.45) is 5.10 Å². The monoisotopic (exact) mass is 367 g/mol. The maximum absolute atomic E-state index is 11.7. The number of ether oxygens (including phenoxy) is 2. The molecule has 0 aliphatic rings. The second kappa shape index (κ2) is 8.42. The average molecular weight is 368 g/mol.